The molecule has 3 aliphatic carbocycles. The molecule has 1 aliphatic heterocycles. The maximum atomic E-state index is 9.98. The van der Waals surface area contributed by atoms with E-state index >= 15 is 0 Å². The van der Waals surface area contributed by atoms with Gasteiger partial charge in [0, 0.05) is 16.9 Å². The Morgan fingerprint density at radius 3 is 2.25 bits per heavy atom. The minimum atomic E-state index is -0.156. The summed E-state index contributed by atoms with van der Waals surface area (Å²) in [7, 11) is 0. The molecule has 1 N–H and O–H groups in total. The highest BCUT2D eigenvalue weighted by molar-refractivity contribution is 6.12. The van der Waals surface area contributed by atoms with Crippen molar-refractivity contribution in [2.24, 2.45) is 15.9 Å². The van der Waals surface area contributed by atoms with Crippen LogP contribution in [0.2, 0.25) is 0 Å². The van der Waals surface area contributed by atoms with Gasteiger partial charge in [-0.05, 0) is 118 Å². The van der Waals surface area contributed by atoms with Crippen molar-refractivity contribution in [3.05, 3.63) is 198 Å². The van der Waals surface area contributed by atoms with Gasteiger partial charge in [-0.2, -0.15) is 5.26 Å². The molecule has 4 heteroatoms. The fourth-order valence-corrected chi connectivity index (χ4v) is 10.3. The summed E-state index contributed by atoms with van der Waals surface area (Å²) in [5, 5.41) is 16.1. The summed E-state index contributed by atoms with van der Waals surface area (Å²) in [5.41, 5.74) is 14.5. The Morgan fingerprint density at radius 1 is 0.705 bits per heavy atom. The van der Waals surface area contributed by atoms with E-state index in [1.54, 1.807) is 0 Å². The largest absolute Gasteiger partial charge is 0.328 e. The van der Waals surface area contributed by atoms with Crippen molar-refractivity contribution in [2.45, 2.75) is 69.9 Å². The standard InChI is InChI=1S/C57H50N4/c1-2-3-4-5-10-22-53-59-55(43-28-24-41(25-29-43)40-16-8-6-9-17-40)61-56(60-53)44-30-26-42(27-31-44)45-32-33-48(47-19-12-11-18-46(45)47)49-20-15-21-52-54(49)50-37-39(38-58)23-34-51(50)57(52)35-13-7-14-36-57/h2-6,8-9,11-12,15-21,23-28,30-34,37,43,53H,7,10,13-14,22,29,35-36H2,1H3,(H,59,60,61)/b3-2-,5-4-. The Bertz CT molecular complexity index is 2860. The van der Waals surface area contributed by atoms with Crippen molar-refractivity contribution in [1.82, 2.24) is 5.32 Å². The molecule has 6 aromatic carbocycles. The molecule has 4 nitrogen and oxygen atoms in total. The fraction of sp³-hybridized carbons (Fsp3) is 0.211. The van der Waals surface area contributed by atoms with E-state index in [-0.39, 0.29) is 17.5 Å². The Labute approximate surface area is 360 Å². The molecule has 2 unspecified atom stereocenters. The number of benzene rings is 6. The van der Waals surface area contributed by atoms with Crippen molar-refractivity contribution < 1.29 is 0 Å². The lowest BCUT2D eigenvalue weighted by Crippen LogP contribution is -2.41. The van der Waals surface area contributed by atoms with Crippen LogP contribution in [-0.2, 0) is 5.41 Å². The number of nitrogens with one attached hydrogen (secondary N) is 1. The average molecular weight is 791 g/mol. The molecule has 61 heavy (non-hydrogen) atoms. The maximum absolute atomic E-state index is 9.98. The predicted molar refractivity (Wildman–Crippen MR) is 255 cm³/mol. The first-order valence-electron chi connectivity index (χ1n) is 22.1. The lowest BCUT2D eigenvalue weighted by atomic mass is 9.67. The zero-order valence-electron chi connectivity index (χ0n) is 34.8. The molecular formula is C57H50N4. The summed E-state index contributed by atoms with van der Waals surface area (Å²) >= 11 is 0. The third-order valence-corrected chi connectivity index (χ3v) is 13.3. The fourth-order valence-electron chi connectivity index (χ4n) is 10.3. The molecule has 1 fully saturated rings. The Morgan fingerprint density at radius 2 is 1.48 bits per heavy atom. The molecule has 298 valence electrons. The van der Waals surface area contributed by atoms with E-state index in [1.807, 2.05) is 19.1 Å². The molecule has 1 heterocycles. The van der Waals surface area contributed by atoms with Crippen LogP contribution in [0.1, 0.15) is 86.1 Å². The van der Waals surface area contributed by atoms with Crippen LogP contribution in [0.5, 0.6) is 0 Å². The van der Waals surface area contributed by atoms with Crippen molar-refractivity contribution in [3.63, 3.8) is 0 Å². The van der Waals surface area contributed by atoms with E-state index in [1.165, 1.54) is 85.7 Å². The highest BCUT2D eigenvalue weighted by Gasteiger charge is 2.44. The van der Waals surface area contributed by atoms with Crippen LogP contribution in [0.15, 0.2) is 180 Å². The molecule has 0 saturated heterocycles. The van der Waals surface area contributed by atoms with Crippen LogP contribution in [0, 0.1) is 17.2 Å². The number of amidine groups is 2. The van der Waals surface area contributed by atoms with Crippen LogP contribution in [0.4, 0.5) is 0 Å². The molecule has 10 rings (SSSR count). The van der Waals surface area contributed by atoms with Gasteiger partial charge in [0.1, 0.15) is 17.8 Å². The number of rotatable bonds is 9. The summed E-state index contributed by atoms with van der Waals surface area (Å²) < 4.78 is 0. The molecule has 4 aliphatic rings. The van der Waals surface area contributed by atoms with E-state index in [4.69, 9.17) is 9.98 Å². The summed E-state index contributed by atoms with van der Waals surface area (Å²) in [6, 6.07) is 48.7. The molecule has 2 atom stereocenters. The zero-order chi connectivity index (χ0) is 41.2. The summed E-state index contributed by atoms with van der Waals surface area (Å²) in [5.74, 6) is 2.01. The molecular weight excluding hydrogens is 741 g/mol. The van der Waals surface area contributed by atoms with Crippen LogP contribution in [0.25, 0.3) is 49.7 Å². The first-order chi connectivity index (χ1) is 30.1. The van der Waals surface area contributed by atoms with E-state index in [0.717, 1.165) is 54.9 Å². The Kier molecular flexibility index (Phi) is 10.5. The van der Waals surface area contributed by atoms with Gasteiger partial charge in [-0.25, -0.2) is 9.98 Å². The molecule has 1 saturated carbocycles. The van der Waals surface area contributed by atoms with Crippen molar-refractivity contribution >= 4 is 28.0 Å². The number of nitrogens with zero attached hydrogens (tertiary/aromatic N) is 3. The van der Waals surface area contributed by atoms with Gasteiger partial charge >= 0.3 is 0 Å². The third-order valence-electron chi connectivity index (χ3n) is 13.3. The quantitative estimate of drug-likeness (QED) is 0.148. The summed E-state index contributed by atoms with van der Waals surface area (Å²) in [6.07, 6.45) is 23.8. The van der Waals surface area contributed by atoms with Gasteiger partial charge in [-0.15, -0.1) is 0 Å². The number of aliphatic imine (C=N–C) groups is 2. The maximum Gasteiger partial charge on any atom is 0.144 e. The summed E-state index contributed by atoms with van der Waals surface area (Å²) in [6.45, 7) is 2.04. The van der Waals surface area contributed by atoms with E-state index in [0.29, 0.717) is 0 Å². The lowest BCUT2D eigenvalue weighted by Gasteiger charge is -2.36. The van der Waals surface area contributed by atoms with Gasteiger partial charge in [0.2, 0.25) is 0 Å². The van der Waals surface area contributed by atoms with Crippen LogP contribution in [0.3, 0.4) is 0 Å². The second kappa shape index (κ2) is 16.7. The third kappa shape index (κ3) is 7.19. The van der Waals surface area contributed by atoms with Crippen molar-refractivity contribution in [1.29, 1.82) is 5.26 Å². The zero-order valence-corrected chi connectivity index (χ0v) is 34.8. The number of fused-ring (bicyclic) bond motifs is 6. The van der Waals surface area contributed by atoms with E-state index in [9.17, 15) is 5.26 Å². The Balaban J connectivity index is 0.970. The normalized spacial score (nSPS) is 19.0. The SMILES string of the molecule is C/C=C\C=C/CCC1N=C(c2ccc(-c3ccc(-c4cccc5c4-c4cc(C#N)ccc4C54CCCCC4)c4ccccc34)cc2)NC(C2C=CC(c3ccccc3)=CC2)=N1. The van der Waals surface area contributed by atoms with E-state index in [2.05, 4.69) is 169 Å². The molecule has 0 radical (unpaired) electrons. The topological polar surface area (TPSA) is 60.5 Å². The monoisotopic (exact) mass is 790 g/mol. The van der Waals surface area contributed by atoms with Crippen molar-refractivity contribution in [2.75, 3.05) is 0 Å². The lowest BCUT2D eigenvalue weighted by molar-refractivity contribution is 0.353. The van der Waals surface area contributed by atoms with Crippen LogP contribution < -0.4 is 5.32 Å². The molecule has 0 aromatic heterocycles. The number of hydrogen-bond donors (Lipinski definition) is 1. The minimum Gasteiger partial charge on any atom is -0.328 e. The van der Waals surface area contributed by atoms with Gasteiger partial charge in [0.15, 0.2) is 0 Å². The first-order valence-corrected chi connectivity index (χ1v) is 22.1. The van der Waals surface area contributed by atoms with Gasteiger partial charge in [-0.3, -0.25) is 0 Å². The second-order valence-electron chi connectivity index (χ2n) is 16.9. The van der Waals surface area contributed by atoms with Gasteiger partial charge in [-0.1, -0.05) is 177 Å². The molecule has 6 aromatic rings. The highest BCUT2D eigenvalue weighted by atomic mass is 15.2. The van der Waals surface area contributed by atoms with Gasteiger partial charge in [0.25, 0.3) is 0 Å². The number of nitriles is 1. The van der Waals surface area contributed by atoms with Gasteiger partial charge < -0.3 is 5.32 Å². The minimum absolute atomic E-state index is 0.0217. The highest BCUT2D eigenvalue weighted by Crippen LogP contribution is 2.58. The number of allylic oxidation sites excluding steroid dienone is 7. The van der Waals surface area contributed by atoms with Gasteiger partial charge in [0.05, 0.1) is 11.6 Å². The second-order valence-corrected chi connectivity index (χ2v) is 16.9. The predicted octanol–water partition coefficient (Wildman–Crippen LogP) is 13.9. The smallest absolute Gasteiger partial charge is 0.144 e. The van der Waals surface area contributed by atoms with Crippen LogP contribution >= 0.6 is 0 Å². The number of hydrogen-bond acceptors (Lipinski definition) is 4. The van der Waals surface area contributed by atoms with Crippen LogP contribution in [-0.4, -0.2) is 17.8 Å². The Hall–Kier alpha value is -6.83. The summed E-state index contributed by atoms with van der Waals surface area (Å²) in [4.78, 5) is 10.3. The average Bonchev–Trinajstić information content (AvgIpc) is 3.59. The first kappa shape index (κ1) is 38.4. The molecule has 0 amide bonds. The van der Waals surface area contributed by atoms with Crippen molar-refractivity contribution in [3.8, 4) is 39.4 Å². The van der Waals surface area contributed by atoms with E-state index < -0.39 is 0 Å². The molecule has 0 bridgehead atoms. The molecule has 1 spiro atoms.